The highest BCUT2D eigenvalue weighted by Crippen LogP contribution is 2.22. The number of anilines is 1. The van der Waals surface area contributed by atoms with E-state index in [0.717, 1.165) is 0 Å². The van der Waals surface area contributed by atoms with Gasteiger partial charge in [0.1, 0.15) is 0 Å². The molecule has 5 heteroatoms. The van der Waals surface area contributed by atoms with Gasteiger partial charge in [0.05, 0.1) is 6.20 Å². The quantitative estimate of drug-likeness (QED) is 0.655. The van der Waals surface area contributed by atoms with Crippen LogP contribution in [0.5, 0.6) is 0 Å². The Kier molecular flexibility index (Phi) is 1.89. The molecule has 0 bridgehead atoms. The molecule has 11 heavy (non-hydrogen) atoms. The molecule has 1 aromatic heterocycles. The molecule has 0 amide bonds. The van der Waals surface area contributed by atoms with Crippen molar-refractivity contribution < 1.29 is 0 Å². The maximum atomic E-state index is 10.1. The lowest BCUT2D eigenvalue weighted by Gasteiger charge is -2.06. The van der Waals surface area contributed by atoms with Gasteiger partial charge >= 0.3 is 0 Å². The Bertz CT molecular complexity index is 266. The molecular formula is C6H10N4O. The molecular weight excluding hydrogens is 144 g/mol. The molecule has 0 fully saturated rings. The Balaban J connectivity index is 3.10. The fraction of sp³-hybridized carbons (Fsp3) is 0.500. The summed E-state index contributed by atoms with van der Waals surface area (Å²) in [5.41, 5.74) is 5.73. The van der Waals surface area contributed by atoms with Crippen LogP contribution in [0, 0.1) is 4.91 Å². The summed E-state index contributed by atoms with van der Waals surface area (Å²) in [5, 5.41) is 6.60. The fourth-order valence-electron chi connectivity index (χ4n) is 0.844. The topological polar surface area (TPSA) is 73.3 Å². The van der Waals surface area contributed by atoms with Crippen LogP contribution in [0.15, 0.2) is 11.4 Å². The van der Waals surface area contributed by atoms with Gasteiger partial charge in [-0.1, -0.05) is 0 Å². The van der Waals surface area contributed by atoms with Crippen LogP contribution in [0.4, 0.5) is 11.5 Å². The molecule has 0 aliphatic rings. The van der Waals surface area contributed by atoms with Gasteiger partial charge in [-0.2, -0.15) is 5.10 Å². The van der Waals surface area contributed by atoms with Crippen molar-refractivity contribution in [2.45, 2.75) is 19.9 Å². The van der Waals surface area contributed by atoms with Gasteiger partial charge in [-0.25, -0.2) is 4.68 Å². The van der Waals surface area contributed by atoms with E-state index < -0.39 is 0 Å². The van der Waals surface area contributed by atoms with Gasteiger partial charge in [0.2, 0.25) is 0 Å². The number of nitrogens with two attached hydrogens (primary N) is 1. The van der Waals surface area contributed by atoms with E-state index in [0.29, 0.717) is 5.82 Å². The predicted octanol–water partition coefficient (Wildman–Crippen LogP) is 1.44. The first kappa shape index (κ1) is 7.71. The smallest absolute Gasteiger partial charge is 0.169 e. The molecule has 1 aromatic rings. The predicted molar refractivity (Wildman–Crippen MR) is 42.5 cm³/mol. The molecule has 2 N–H and O–H groups in total. The minimum absolute atomic E-state index is 0.158. The molecule has 0 unspecified atom stereocenters. The summed E-state index contributed by atoms with van der Waals surface area (Å²) in [7, 11) is 0. The van der Waals surface area contributed by atoms with Crippen molar-refractivity contribution in [3.05, 3.63) is 11.1 Å². The average molecular weight is 154 g/mol. The monoisotopic (exact) mass is 154 g/mol. The van der Waals surface area contributed by atoms with E-state index in [1.54, 1.807) is 4.68 Å². The maximum Gasteiger partial charge on any atom is 0.169 e. The Morgan fingerprint density at radius 2 is 2.36 bits per heavy atom. The average Bonchev–Trinajstić information content (AvgIpc) is 2.30. The van der Waals surface area contributed by atoms with Crippen molar-refractivity contribution in [2.24, 2.45) is 5.18 Å². The number of nitroso groups, excluding NO2 is 1. The first-order chi connectivity index (χ1) is 5.16. The van der Waals surface area contributed by atoms with Crippen molar-refractivity contribution in [3.8, 4) is 0 Å². The summed E-state index contributed by atoms with van der Waals surface area (Å²) in [6.07, 6.45) is 1.36. The first-order valence-electron chi connectivity index (χ1n) is 3.33. The molecule has 0 spiro atoms. The lowest BCUT2D eigenvalue weighted by atomic mass is 10.4. The maximum absolute atomic E-state index is 10.1. The van der Waals surface area contributed by atoms with Gasteiger partial charge in [0, 0.05) is 6.04 Å². The highest BCUT2D eigenvalue weighted by molar-refractivity contribution is 5.56. The molecule has 1 heterocycles. The van der Waals surface area contributed by atoms with Gasteiger partial charge in [-0.15, -0.1) is 4.91 Å². The van der Waals surface area contributed by atoms with Crippen molar-refractivity contribution in [1.82, 2.24) is 9.78 Å². The SMILES string of the molecule is CC(C)n1ncc(N=O)c1N. The number of hydrogen-bond donors (Lipinski definition) is 1. The molecule has 0 aliphatic heterocycles. The summed E-state index contributed by atoms with van der Waals surface area (Å²) in [6, 6.07) is 0.158. The Hall–Kier alpha value is -1.39. The van der Waals surface area contributed by atoms with Crippen LogP contribution in [0.3, 0.4) is 0 Å². The zero-order valence-corrected chi connectivity index (χ0v) is 6.48. The molecule has 60 valence electrons. The zero-order chi connectivity index (χ0) is 8.43. The zero-order valence-electron chi connectivity index (χ0n) is 6.48. The number of aromatic nitrogens is 2. The third-order valence-corrected chi connectivity index (χ3v) is 1.40. The molecule has 0 saturated heterocycles. The van der Waals surface area contributed by atoms with Crippen LogP contribution in [0.2, 0.25) is 0 Å². The van der Waals surface area contributed by atoms with Gasteiger partial charge in [0.15, 0.2) is 11.5 Å². The molecule has 1 rings (SSSR count). The molecule has 0 saturated carbocycles. The second-order valence-electron chi connectivity index (χ2n) is 2.54. The number of nitrogens with zero attached hydrogens (tertiary/aromatic N) is 3. The van der Waals surface area contributed by atoms with E-state index in [1.165, 1.54) is 6.20 Å². The molecule has 5 nitrogen and oxygen atoms in total. The van der Waals surface area contributed by atoms with Crippen LogP contribution in [-0.2, 0) is 0 Å². The largest absolute Gasteiger partial charge is 0.382 e. The first-order valence-corrected chi connectivity index (χ1v) is 3.33. The van der Waals surface area contributed by atoms with E-state index in [2.05, 4.69) is 10.3 Å². The highest BCUT2D eigenvalue weighted by Gasteiger charge is 2.08. The second-order valence-corrected chi connectivity index (χ2v) is 2.54. The summed E-state index contributed by atoms with van der Waals surface area (Å²) in [4.78, 5) is 10.1. The van der Waals surface area contributed by atoms with Gasteiger partial charge in [-0.05, 0) is 19.0 Å². The lowest BCUT2D eigenvalue weighted by molar-refractivity contribution is 0.541. The van der Waals surface area contributed by atoms with Gasteiger partial charge in [0.25, 0.3) is 0 Å². The number of rotatable bonds is 2. The Labute approximate surface area is 64.2 Å². The van der Waals surface area contributed by atoms with Crippen molar-refractivity contribution in [1.29, 1.82) is 0 Å². The third-order valence-electron chi connectivity index (χ3n) is 1.40. The van der Waals surface area contributed by atoms with E-state index in [1.807, 2.05) is 13.8 Å². The normalized spacial score (nSPS) is 10.5. The van der Waals surface area contributed by atoms with Crippen LogP contribution >= 0.6 is 0 Å². The van der Waals surface area contributed by atoms with Gasteiger partial charge < -0.3 is 5.73 Å². The van der Waals surface area contributed by atoms with Crippen molar-refractivity contribution in [3.63, 3.8) is 0 Å². The van der Waals surface area contributed by atoms with Crippen LogP contribution in [0.1, 0.15) is 19.9 Å². The lowest BCUT2D eigenvalue weighted by Crippen LogP contribution is -2.06. The minimum atomic E-state index is 0.158. The van der Waals surface area contributed by atoms with Crippen molar-refractivity contribution in [2.75, 3.05) is 5.73 Å². The third kappa shape index (κ3) is 1.21. The minimum Gasteiger partial charge on any atom is -0.382 e. The highest BCUT2D eigenvalue weighted by atomic mass is 16.3. The Morgan fingerprint density at radius 3 is 2.64 bits per heavy atom. The molecule has 0 aromatic carbocycles. The summed E-state index contributed by atoms with van der Waals surface area (Å²) < 4.78 is 1.55. The number of hydrogen-bond acceptors (Lipinski definition) is 4. The number of nitrogen functional groups attached to an aromatic ring is 1. The second kappa shape index (κ2) is 2.69. The van der Waals surface area contributed by atoms with E-state index in [4.69, 9.17) is 5.73 Å². The standard InChI is InChI=1S/C6H10N4O/c1-4(2)10-6(7)5(9-11)3-8-10/h3-4H,7H2,1-2H3. The molecule has 0 aliphatic carbocycles. The molecule has 0 atom stereocenters. The molecule has 0 radical (unpaired) electrons. The van der Waals surface area contributed by atoms with Crippen LogP contribution < -0.4 is 5.73 Å². The van der Waals surface area contributed by atoms with E-state index >= 15 is 0 Å². The summed E-state index contributed by atoms with van der Waals surface area (Å²) in [5.74, 6) is 0.329. The summed E-state index contributed by atoms with van der Waals surface area (Å²) in [6.45, 7) is 3.86. The van der Waals surface area contributed by atoms with Crippen LogP contribution in [0.25, 0.3) is 0 Å². The van der Waals surface area contributed by atoms with Crippen molar-refractivity contribution >= 4 is 11.5 Å². The Morgan fingerprint density at radius 1 is 1.73 bits per heavy atom. The van der Waals surface area contributed by atoms with E-state index in [9.17, 15) is 4.91 Å². The summed E-state index contributed by atoms with van der Waals surface area (Å²) >= 11 is 0. The van der Waals surface area contributed by atoms with E-state index in [-0.39, 0.29) is 11.7 Å². The fourth-order valence-corrected chi connectivity index (χ4v) is 0.844. The van der Waals surface area contributed by atoms with Crippen LogP contribution in [-0.4, -0.2) is 9.78 Å². The van der Waals surface area contributed by atoms with Gasteiger partial charge in [-0.3, -0.25) is 0 Å².